The average molecular weight is 477 g/mol. The Hall–Kier alpha value is -2.38. The number of anilines is 1. The van der Waals surface area contributed by atoms with Crippen molar-refractivity contribution in [2.45, 2.75) is 25.3 Å². The average Bonchev–Trinajstić information content (AvgIpc) is 2.72. The van der Waals surface area contributed by atoms with Crippen LogP contribution >= 0.6 is 23.2 Å². The van der Waals surface area contributed by atoms with Crippen molar-refractivity contribution < 1.29 is 13.2 Å². The Morgan fingerprint density at radius 3 is 2.29 bits per heavy atom. The second kappa shape index (κ2) is 9.83. The predicted molar refractivity (Wildman–Crippen MR) is 125 cm³/mol. The highest BCUT2D eigenvalue weighted by Crippen LogP contribution is 2.25. The summed E-state index contributed by atoms with van der Waals surface area (Å²) in [5.74, 6) is -0.451. The summed E-state index contributed by atoms with van der Waals surface area (Å²) in [6.45, 7) is 3.47. The van der Waals surface area contributed by atoms with E-state index in [0.29, 0.717) is 21.3 Å². The van der Waals surface area contributed by atoms with Gasteiger partial charge in [-0.25, -0.2) is 8.42 Å². The van der Waals surface area contributed by atoms with Gasteiger partial charge in [0.1, 0.15) is 0 Å². The van der Waals surface area contributed by atoms with Crippen LogP contribution in [0, 0.1) is 13.8 Å². The number of halogens is 2. The number of hydrogen-bond acceptors (Lipinski definition) is 3. The van der Waals surface area contributed by atoms with Gasteiger partial charge < -0.3 is 5.32 Å². The highest BCUT2D eigenvalue weighted by atomic mass is 35.5. The fourth-order valence-corrected chi connectivity index (χ4v) is 4.85. The number of carbonyl (C=O) groups excluding carboxylic acids is 1. The van der Waals surface area contributed by atoms with E-state index in [1.807, 2.05) is 26.0 Å². The Balaban J connectivity index is 1.89. The molecule has 0 spiro atoms. The van der Waals surface area contributed by atoms with Gasteiger partial charge >= 0.3 is 0 Å². The molecule has 31 heavy (non-hydrogen) atoms. The first-order chi connectivity index (χ1) is 14.7. The van der Waals surface area contributed by atoms with Crippen molar-refractivity contribution in [3.63, 3.8) is 0 Å². The zero-order valence-electron chi connectivity index (χ0n) is 17.1. The van der Waals surface area contributed by atoms with Crippen LogP contribution in [0.25, 0.3) is 0 Å². The van der Waals surface area contributed by atoms with Gasteiger partial charge in [0, 0.05) is 22.3 Å². The molecule has 0 heterocycles. The van der Waals surface area contributed by atoms with Gasteiger partial charge in [-0.05, 0) is 66.9 Å². The van der Waals surface area contributed by atoms with Crippen molar-refractivity contribution in [3.05, 3.63) is 93.5 Å². The molecule has 162 valence electrons. The third kappa shape index (κ3) is 5.86. The predicted octanol–water partition coefficient (Wildman–Crippen LogP) is 5.44. The van der Waals surface area contributed by atoms with Gasteiger partial charge in [0.25, 0.3) is 0 Å². The SMILES string of the molecule is Cc1ccc(NC(=O)CN(Cc2ccc(Cl)cc2Cl)S(=O)(=O)c2ccccc2)cc1C. The topological polar surface area (TPSA) is 66.5 Å². The van der Waals surface area contributed by atoms with E-state index in [1.54, 1.807) is 42.5 Å². The molecule has 0 aliphatic heterocycles. The molecule has 0 saturated heterocycles. The van der Waals surface area contributed by atoms with Gasteiger partial charge in [-0.1, -0.05) is 53.5 Å². The minimum absolute atomic E-state index is 0.0758. The molecular weight excluding hydrogens is 455 g/mol. The molecule has 5 nitrogen and oxygen atoms in total. The van der Waals surface area contributed by atoms with E-state index in [9.17, 15) is 13.2 Å². The molecule has 0 fully saturated rings. The molecule has 1 N–H and O–H groups in total. The van der Waals surface area contributed by atoms with Gasteiger partial charge in [-0.3, -0.25) is 4.79 Å². The van der Waals surface area contributed by atoms with Crippen molar-refractivity contribution in [1.82, 2.24) is 4.31 Å². The molecule has 0 aromatic heterocycles. The van der Waals surface area contributed by atoms with E-state index >= 15 is 0 Å². The first kappa shape index (κ1) is 23.3. The molecule has 1 amide bonds. The lowest BCUT2D eigenvalue weighted by molar-refractivity contribution is -0.116. The van der Waals surface area contributed by atoms with Gasteiger partial charge in [0.05, 0.1) is 11.4 Å². The second-order valence-electron chi connectivity index (χ2n) is 7.17. The van der Waals surface area contributed by atoms with E-state index in [4.69, 9.17) is 23.2 Å². The maximum absolute atomic E-state index is 13.3. The number of amides is 1. The van der Waals surface area contributed by atoms with Crippen LogP contribution in [-0.4, -0.2) is 25.2 Å². The summed E-state index contributed by atoms with van der Waals surface area (Å²) in [5.41, 5.74) is 3.28. The fraction of sp³-hybridized carbons (Fsp3) is 0.174. The molecule has 0 saturated carbocycles. The van der Waals surface area contributed by atoms with Crippen LogP contribution in [0.5, 0.6) is 0 Å². The zero-order valence-corrected chi connectivity index (χ0v) is 19.4. The van der Waals surface area contributed by atoms with Crippen molar-refractivity contribution in [1.29, 1.82) is 0 Å². The molecule has 3 rings (SSSR count). The number of hydrogen-bond donors (Lipinski definition) is 1. The molecular formula is C23H22Cl2N2O3S. The van der Waals surface area contributed by atoms with Crippen LogP contribution in [0.4, 0.5) is 5.69 Å². The molecule has 0 atom stereocenters. The molecule has 0 aliphatic rings. The Kier molecular flexibility index (Phi) is 7.38. The molecule has 8 heteroatoms. The smallest absolute Gasteiger partial charge is 0.243 e. The van der Waals surface area contributed by atoms with E-state index < -0.39 is 15.9 Å². The van der Waals surface area contributed by atoms with Crippen molar-refractivity contribution in [3.8, 4) is 0 Å². The molecule has 0 bridgehead atoms. The maximum Gasteiger partial charge on any atom is 0.243 e. The van der Waals surface area contributed by atoms with Crippen molar-refractivity contribution >= 4 is 44.8 Å². The Morgan fingerprint density at radius 1 is 0.935 bits per heavy atom. The third-order valence-electron chi connectivity index (χ3n) is 4.85. The minimum Gasteiger partial charge on any atom is -0.325 e. The summed E-state index contributed by atoms with van der Waals surface area (Å²) in [4.78, 5) is 12.9. The van der Waals surface area contributed by atoms with E-state index in [1.165, 1.54) is 12.1 Å². The lowest BCUT2D eigenvalue weighted by Crippen LogP contribution is -2.37. The first-order valence-corrected chi connectivity index (χ1v) is 11.7. The third-order valence-corrected chi connectivity index (χ3v) is 7.25. The standard InChI is InChI=1S/C23H22Cl2N2O3S/c1-16-8-11-20(12-17(16)2)26-23(28)15-27(14-18-9-10-19(24)13-22(18)25)31(29,30)21-6-4-3-5-7-21/h3-13H,14-15H2,1-2H3,(H,26,28). The summed E-state index contributed by atoms with van der Waals surface area (Å²) >= 11 is 12.2. The summed E-state index contributed by atoms with van der Waals surface area (Å²) in [6, 6.07) is 18.3. The summed E-state index contributed by atoms with van der Waals surface area (Å²) < 4.78 is 27.7. The van der Waals surface area contributed by atoms with Crippen LogP contribution in [-0.2, 0) is 21.4 Å². The first-order valence-electron chi connectivity index (χ1n) is 9.53. The Labute approximate surface area is 192 Å². The lowest BCUT2D eigenvalue weighted by atomic mass is 10.1. The van der Waals surface area contributed by atoms with E-state index in [-0.39, 0.29) is 18.0 Å². The number of carbonyl (C=O) groups is 1. The second-order valence-corrected chi connectivity index (χ2v) is 9.95. The molecule has 3 aromatic rings. The zero-order chi connectivity index (χ0) is 22.6. The fourth-order valence-electron chi connectivity index (χ4n) is 2.99. The number of aryl methyl sites for hydroxylation is 2. The van der Waals surface area contributed by atoms with Crippen LogP contribution in [0.15, 0.2) is 71.6 Å². The molecule has 3 aromatic carbocycles. The van der Waals surface area contributed by atoms with Gasteiger partial charge in [0.15, 0.2) is 0 Å². The maximum atomic E-state index is 13.3. The van der Waals surface area contributed by atoms with Gasteiger partial charge in [-0.2, -0.15) is 4.31 Å². The highest BCUT2D eigenvalue weighted by molar-refractivity contribution is 7.89. The van der Waals surface area contributed by atoms with Crippen LogP contribution in [0.3, 0.4) is 0 Å². The number of nitrogens with zero attached hydrogens (tertiary/aromatic N) is 1. The normalized spacial score (nSPS) is 11.5. The summed E-state index contributed by atoms with van der Waals surface area (Å²) in [7, 11) is -3.95. The van der Waals surface area contributed by atoms with E-state index in [0.717, 1.165) is 15.4 Å². The lowest BCUT2D eigenvalue weighted by Gasteiger charge is -2.22. The van der Waals surface area contributed by atoms with Crippen LogP contribution in [0.2, 0.25) is 10.0 Å². The summed E-state index contributed by atoms with van der Waals surface area (Å²) in [6.07, 6.45) is 0. The number of sulfonamides is 1. The molecule has 0 unspecified atom stereocenters. The van der Waals surface area contributed by atoms with Crippen LogP contribution in [0.1, 0.15) is 16.7 Å². The van der Waals surface area contributed by atoms with Crippen LogP contribution < -0.4 is 5.32 Å². The quantitative estimate of drug-likeness (QED) is 0.493. The minimum atomic E-state index is -3.95. The van der Waals surface area contributed by atoms with Gasteiger partial charge in [0.2, 0.25) is 15.9 Å². The molecule has 0 aliphatic carbocycles. The van der Waals surface area contributed by atoms with Gasteiger partial charge in [-0.15, -0.1) is 0 Å². The van der Waals surface area contributed by atoms with Crippen molar-refractivity contribution in [2.24, 2.45) is 0 Å². The number of benzene rings is 3. The molecule has 0 radical (unpaired) electrons. The monoisotopic (exact) mass is 476 g/mol. The largest absolute Gasteiger partial charge is 0.325 e. The van der Waals surface area contributed by atoms with Crippen molar-refractivity contribution in [2.75, 3.05) is 11.9 Å². The Bertz CT molecular complexity index is 1200. The highest BCUT2D eigenvalue weighted by Gasteiger charge is 2.27. The van der Waals surface area contributed by atoms with E-state index in [2.05, 4.69) is 5.32 Å². The summed E-state index contributed by atoms with van der Waals surface area (Å²) in [5, 5.41) is 3.55. The Morgan fingerprint density at radius 2 is 1.65 bits per heavy atom. The number of rotatable bonds is 7. The number of nitrogens with one attached hydrogen (secondary N) is 1.